The molecule has 0 spiro atoms. The number of nitrogens with zero attached hydrogens (tertiary/aromatic N) is 4. The first-order chi connectivity index (χ1) is 11.3. The van der Waals surface area contributed by atoms with Gasteiger partial charge in [0.25, 0.3) is 0 Å². The number of ether oxygens (including phenoxy) is 1. The Bertz CT molecular complexity index is 704. The minimum Gasteiger partial charge on any atom is -0.495 e. The third-order valence-corrected chi connectivity index (χ3v) is 4.05. The van der Waals surface area contributed by atoms with Gasteiger partial charge in [0.05, 0.1) is 12.8 Å². The normalized spacial score (nSPS) is 15.0. The molecule has 0 radical (unpaired) electrons. The summed E-state index contributed by atoms with van der Waals surface area (Å²) in [6, 6.07) is 10.4. The van der Waals surface area contributed by atoms with Crippen LogP contribution in [0, 0.1) is 11.3 Å². The lowest BCUT2D eigenvalue weighted by molar-refractivity contribution is 0.415. The van der Waals surface area contributed by atoms with E-state index in [-0.39, 0.29) is 0 Å². The molecule has 1 aromatic carbocycles. The van der Waals surface area contributed by atoms with Crippen LogP contribution in [0.2, 0.25) is 0 Å². The van der Waals surface area contributed by atoms with Crippen LogP contribution in [-0.2, 0) is 0 Å². The fraction of sp³-hybridized carbons (Fsp3) is 0.353. The number of para-hydroxylation sites is 2. The van der Waals surface area contributed by atoms with E-state index in [1.165, 1.54) is 0 Å². The Hall–Kier alpha value is -2.81. The molecule has 23 heavy (non-hydrogen) atoms. The number of benzene rings is 1. The molecule has 0 bridgehead atoms. The van der Waals surface area contributed by atoms with E-state index in [9.17, 15) is 0 Å². The molecule has 1 saturated heterocycles. The van der Waals surface area contributed by atoms with Crippen LogP contribution < -0.4 is 15.0 Å². The van der Waals surface area contributed by atoms with Gasteiger partial charge in [-0.15, -0.1) is 0 Å². The lowest BCUT2D eigenvalue weighted by atomic mass is 10.0. The van der Waals surface area contributed by atoms with Crippen molar-refractivity contribution in [3.8, 4) is 11.8 Å². The van der Waals surface area contributed by atoms with E-state index in [2.05, 4.69) is 26.3 Å². The monoisotopic (exact) mass is 309 g/mol. The first-order valence-corrected chi connectivity index (χ1v) is 7.67. The van der Waals surface area contributed by atoms with Gasteiger partial charge >= 0.3 is 0 Å². The Kier molecular flexibility index (Phi) is 4.57. The zero-order valence-corrected chi connectivity index (χ0v) is 13.1. The van der Waals surface area contributed by atoms with E-state index in [4.69, 9.17) is 10.00 Å². The summed E-state index contributed by atoms with van der Waals surface area (Å²) in [4.78, 5) is 10.5. The summed E-state index contributed by atoms with van der Waals surface area (Å²) in [6.45, 7) is 1.69. The van der Waals surface area contributed by atoms with E-state index in [0.29, 0.717) is 17.6 Å². The van der Waals surface area contributed by atoms with Crippen molar-refractivity contribution in [1.82, 2.24) is 9.97 Å². The molecule has 3 rings (SSSR count). The standard InChI is InChI=1S/C17H19N5O/c1-23-16-5-3-2-4-14(16)21-13-6-10-22(11-7-13)17-15(12-18)19-8-9-20-17/h2-5,8-9,13,21H,6-7,10-11H2,1H3. The van der Waals surface area contributed by atoms with Gasteiger partial charge in [0.2, 0.25) is 0 Å². The summed E-state index contributed by atoms with van der Waals surface area (Å²) >= 11 is 0. The van der Waals surface area contributed by atoms with Gasteiger partial charge < -0.3 is 15.0 Å². The molecular formula is C17H19N5O. The predicted molar refractivity (Wildman–Crippen MR) is 88.6 cm³/mol. The SMILES string of the molecule is COc1ccccc1NC1CCN(c2nccnc2C#N)CC1. The fourth-order valence-electron chi connectivity index (χ4n) is 2.86. The molecule has 2 aromatic rings. The quantitative estimate of drug-likeness (QED) is 0.935. The highest BCUT2D eigenvalue weighted by atomic mass is 16.5. The number of hydrogen-bond acceptors (Lipinski definition) is 6. The van der Waals surface area contributed by atoms with Crippen molar-refractivity contribution in [1.29, 1.82) is 5.26 Å². The van der Waals surface area contributed by atoms with E-state index in [1.807, 2.05) is 24.3 Å². The first-order valence-electron chi connectivity index (χ1n) is 7.67. The Balaban J connectivity index is 1.64. The summed E-state index contributed by atoms with van der Waals surface area (Å²) in [5, 5.41) is 12.7. The molecule has 0 aliphatic carbocycles. The summed E-state index contributed by atoms with van der Waals surface area (Å²) in [7, 11) is 1.68. The van der Waals surface area contributed by atoms with Crippen molar-refractivity contribution in [2.24, 2.45) is 0 Å². The third kappa shape index (κ3) is 3.34. The number of anilines is 2. The summed E-state index contributed by atoms with van der Waals surface area (Å²) in [5.41, 5.74) is 1.41. The average Bonchev–Trinajstić information content (AvgIpc) is 2.63. The smallest absolute Gasteiger partial charge is 0.183 e. The van der Waals surface area contributed by atoms with Gasteiger partial charge in [0.1, 0.15) is 11.8 Å². The molecule has 0 amide bonds. The molecule has 2 heterocycles. The number of nitriles is 1. The minimum absolute atomic E-state index is 0.379. The van der Waals surface area contributed by atoms with Crippen LogP contribution >= 0.6 is 0 Å². The average molecular weight is 309 g/mol. The molecule has 1 aliphatic heterocycles. The maximum Gasteiger partial charge on any atom is 0.183 e. The number of aromatic nitrogens is 2. The van der Waals surface area contributed by atoms with Crippen LogP contribution in [0.5, 0.6) is 5.75 Å². The topological polar surface area (TPSA) is 74.1 Å². The Morgan fingerprint density at radius 1 is 1.22 bits per heavy atom. The molecule has 1 aromatic heterocycles. The maximum atomic E-state index is 9.15. The van der Waals surface area contributed by atoms with E-state index in [0.717, 1.165) is 37.4 Å². The summed E-state index contributed by atoms with van der Waals surface area (Å²) in [5.74, 6) is 1.54. The molecule has 0 saturated carbocycles. The van der Waals surface area contributed by atoms with E-state index < -0.39 is 0 Å². The van der Waals surface area contributed by atoms with Gasteiger partial charge in [0.15, 0.2) is 11.5 Å². The zero-order valence-electron chi connectivity index (χ0n) is 13.1. The molecule has 6 heteroatoms. The van der Waals surface area contributed by atoms with Crippen LogP contribution in [-0.4, -0.2) is 36.2 Å². The number of rotatable bonds is 4. The largest absolute Gasteiger partial charge is 0.495 e. The lowest BCUT2D eigenvalue weighted by Crippen LogP contribution is -2.40. The van der Waals surface area contributed by atoms with Gasteiger partial charge in [-0.2, -0.15) is 5.26 Å². The van der Waals surface area contributed by atoms with Crippen molar-refractivity contribution in [2.75, 3.05) is 30.4 Å². The number of nitrogens with one attached hydrogen (secondary N) is 1. The highest BCUT2D eigenvalue weighted by Gasteiger charge is 2.22. The minimum atomic E-state index is 0.379. The third-order valence-electron chi connectivity index (χ3n) is 4.05. The highest BCUT2D eigenvalue weighted by Crippen LogP contribution is 2.27. The van der Waals surface area contributed by atoms with Crippen molar-refractivity contribution in [2.45, 2.75) is 18.9 Å². The van der Waals surface area contributed by atoms with Gasteiger partial charge in [-0.05, 0) is 25.0 Å². The van der Waals surface area contributed by atoms with Crippen LogP contribution in [0.25, 0.3) is 0 Å². The predicted octanol–water partition coefficient (Wildman–Crippen LogP) is 2.44. The molecular weight excluding hydrogens is 290 g/mol. The number of methoxy groups -OCH3 is 1. The second-order valence-electron chi connectivity index (χ2n) is 5.45. The second kappa shape index (κ2) is 6.97. The highest BCUT2D eigenvalue weighted by molar-refractivity contribution is 5.57. The second-order valence-corrected chi connectivity index (χ2v) is 5.45. The van der Waals surface area contributed by atoms with Crippen molar-refractivity contribution >= 4 is 11.5 Å². The van der Waals surface area contributed by atoms with Crippen LogP contribution in [0.15, 0.2) is 36.7 Å². The van der Waals surface area contributed by atoms with Crippen molar-refractivity contribution in [3.63, 3.8) is 0 Å². The van der Waals surface area contributed by atoms with Crippen molar-refractivity contribution < 1.29 is 4.74 Å². The molecule has 1 aliphatic rings. The molecule has 6 nitrogen and oxygen atoms in total. The van der Waals surface area contributed by atoms with Gasteiger partial charge in [-0.25, -0.2) is 9.97 Å². The first kappa shape index (κ1) is 15.1. The van der Waals surface area contributed by atoms with Gasteiger partial charge in [-0.1, -0.05) is 12.1 Å². The molecule has 118 valence electrons. The Morgan fingerprint density at radius 3 is 2.70 bits per heavy atom. The van der Waals surface area contributed by atoms with E-state index in [1.54, 1.807) is 19.5 Å². The maximum absolute atomic E-state index is 9.15. The van der Waals surface area contributed by atoms with Crippen LogP contribution in [0.1, 0.15) is 18.5 Å². The van der Waals surface area contributed by atoms with Crippen LogP contribution in [0.3, 0.4) is 0 Å². The van der Waals surface area contributed by atoms with Crippen LogP contribution in [0.4, 0.5) is 11.5 Å². The zero-order chi connectivity index (χ0) is 16.1. The number of piperidine rings is 1. The Morgan fingerprint density at radius 2 is 1.96 bits per heavy atom. The number of hydrogen-bond donors (Lipinski definition) is 1. The molecule has 0 atom stereocenters. The van der Waals surface area contributed by atoms with Gasteiger partial charge in [-0.3, -0.25) is 0 Å². The summed E-state index contributed by atoms with van der Waals surface area (Å²) in [6.07, 6.45) is 5.13. The van der Waals surface area contributed by atoms with E-state index >= 15 is 0 Å². The molecule has 1 fully saturated rings. The summed E-state index contributed by atoms with van der Waals surface area (Å²) < 4.78 is 5.38. The Labute approximate surface area is 135 Å². The lowest BCUT2D eigenvalue weighted by Gasteiger charge is -2.33. The van der Waals surface area contributed by atoms with Crippen molar-refractivity contribution in [3.05, 3.63) is 42.4 Å². The van der Waals surface area contributed by atoms with Gasteiger partial charge in [0, 0.05) is 31.5 Å². The fourth-order valence-corrected chi connectivity index (χ4v) is 2.86. The molecule has 1 N–H and O–H groups in total. The molecule has 0 unspecified atom stereocenters.